The Bertz CT molecular complexity index is 285. The SMILES string of the molecule is [2H]C1(C)ONc2ccccc21. The summed E-state index contributed by atoms with van der Waals surface area (Å²) in [6, 6.07) is 7.61. The van der Waals surface area contributed by atoms with Gasteiger partial charge in [0.05, 0.1) is 7.06 Å². The molecule has 0 aromatic heterocycles. The zero-order valence-electron chi connectivity index (χ0n) is 6.72. The molecule has 0 fully saturated rings. The largest absolute Gasteiger partial charge is 0.268 e. The molecule has 1 aromatic carbocycles. The molecule has 0 saturated heterocycles. The first kappa shape index (κ1) is 4.74. The van der Waals surface area contributed by atoms with Crippen molar-refractivity contribution >= 4 is 5.69 Å². The summed E-state index contributed by atoms with van der Waals surface area (Å²) in [6.07, 6.45) is -0.934. The van der Waals surface area contributed by atoms with Crippen molar-refractivity contribution in [2.45, 2.75) is 13.0 Å². The molecule has 0 radical (unpaired) electrons. The molecule has 1 aliphatic heterocycles. The van der Waals surface area contributed by atoms with Crippen LogP contribution in [0.2, 0.25) is 0 Å². The van der Waals surface area contributed by atoms with Crippen LogP contribution in [0.3, 0.4) is 0 Å². The van der Waals surface area contributed by atoms with Crippen LogP contribution in [-0.2, 0) is 4.84 Å². The Balaban J connectivity index is 2.56. The van der Waals surface area contributed by atoms with Crippen LogP contribution < -0.4 is 5.48 Å². The Hall–Kier alpha value is -1.02. The van der Waals surface area contributed by atoms with E-state index in [1.807, 2.05) is 24.3 Å². The van der Waals surface area contributed by atoms with Crippen LogP contribution in [0.4, 0.5) is 5.69 Å². The van der Waals surface area contributed by atoms with Gasteiger partial charge in [0.15, 0.2) is 0 Å². The molecule has 0 bridgehead atoms. The van der Waals surface area contributed by atoms with E-state index in [0.717, 1.165) is 11.3 Å². The molecule has 1 N–H and O–H groups in total. The number of nitrogens with one attached hydrogen (secondary N) is 1. The van der Waals surface area contributed by atoms with Crippen LogP contribution >= 0.6 is 0 Å². The first-order chi connectivity index (χ1) is 5.20. The molecule has 2 heteroatoms. The molecule has 0 spiro atoms. The van der Waals surface area contributed by atoms with Crippen LogP contribution in [0.25, 0.3) is 0 Å². The van der Waals surface area contributed by atoms with Crippen molar-refractivity contribution < 1.29 is 6.21 Å². The van der Waals surface area contributed by atoms with Gasteiger partial charge in [0, 0.05) is 5.56 Å². The van der Waals surface area contributed by atoms with Gasteiger partial charge in [-0.1, -0.05) is 18.2 Å². The van der Waals surface area contributed by atoms with Crippen molar-refractivity contribution in [1.82, 2.24) is 0 Å². The molecule has 0 saturated carbocycles. The second-order valence-corrected chi connectivity index (χ2v) is 2.31. The van der Waals surface area contributed by atoms with E-state index in [2.05, 4.69) is 5.48 Å². The lowest BCUT2D eigenvalue weighted by Gasteiger charge is -1.97. The van der Waals surface area contributed by atoms with Crippen LogP contribution in [0, 0.1) is 0 Å². The summed E-state index contributed by atoms with van der Waals surface area (Å²) in [5.41, 5.74) is 4.49. The first-order valence-electron chi connectivity index (χ1n) is 3.74. The van der Waals surface area contributed by atoms with Gasteiger partial charge in [0.1, 0.15) is 6.08 Å². The van der Waals surface area contributed by atoms with Gasteiger partial charge in [-0.05, 0) is 13.0 Å². The van der Waals surface area contributed by atoms with Crippen molar-refractivity contribution in [1.29, 1.82) is 0 Å². The minimum Gasteiger partial charge on any atom is -0.268 e. The smallest absolute Gasteiger partial charge is 0.110 e. The summed E-state index contributed by atoms with van der Waals surface area (Å²) in [4.78, 5) is 5.03. The van der Waals surface area contributed by atoms with E-state index >= 15 is 0 Å². The number of benzene rings is 1. The lowest BCUT2D eigenvalue weighted by Crippen LogP contribution is -1.91. The highest BCUT2D eigenvalue weighted by molar-refractivity contribution is 5.52. The average Bonchev–Trinajstić information content (AvgIpc) is 2.29. The highest BCUT2D eigenvalue weighted by Gasteiger charge is 2.16. The Morgan fingerprint density at radius 3 is 3.20 bits per heavy atom. The van der Waals surface area contributed by atoms with Gasteiger partial charge in [0.2, 0.25) is 0 Å². The number of anilines is 1. The highest BCUT2D eigenvalue weighted by Crippen LogP contribution is 2.30. The van der Waals surface area contributed by atoms with Crippen molar-refractivity contribution in [2.24, 2.45) is 0 Å². The van der Waals surface area contributed by atoms with Gasteiger partial charge in [0.25, 0.3) is 0 Å². The maximum absolute atomic E-state index is 7.68. The van der Waals surface area contributed by atoms with Crippen LogP contribution in [0.1, 0.15) is 19.9 Å². The van der Waals surface area contributed by atoms with Gasteiger partial charge in [-0.15, -0.1) is 0 Å². The predicted molar refractivity (Wildman–Crippen MR) is 39.6 cm³/mol. The second-order valence-electron chi connectivity index (χ2n) is 2.31. The quantitative estimate of drug-likeness (QED) is 0.589. The normalized spacial score (nSPS) is 30.7. The fraction of sp³-hybridized carbons (Fsp3) is 0.250. The van der Waals surface area contributed by atoms with Crippen molar-refractivity contribution in [3.8, 4) is 0 Å². The fourth-order valence-electron chi connectivity index (χ4n) is 1.07. The monoisotopic (exact) mass is 136 g/mol. The standard InChI is InChI=1S/C8H9NO/c1-6-7-4-2-3-5-8(7)9-10-6/h2-6,9H,1H3/i6D. The predicted octanol–water partition coefficient (Wildman–Crippen LogP) is 2.10. The molecule has 0 amide bonds. The van der Waals surface area contributed by atoms with Crippen LogP contribution in [0.15, 0.2) is 24.3 Å². The molecule has 2 nitrogen and oxygen atoms in total. The molecule has 52 valence electrons. The maximum atomic E-state index is 7.68. The summed E-state index contributed by atoms with van der Waals surface area (Å²) in [5.74, 6) is 0. The Kier molecular flexibility index (Phi) is 0.944. The molecule has 2 rings (SSSR count). The number of fused-ring (bicyclic) bond motifs is 1. The Labute approximate surface area is 61.2 Å². The molecule has 1 unspecified atom stereocenters. The summed E-state index contributed by atoms with van der Waals surface area (Å²) in [6.45, 7) is 1.71. The van der Waals surface area contributed by atoms with Crippen LogP contribution in [0.5, 0.6) is 0 Å². The zero-order valence-corrected chi connectivity index (χ0v) is 5.72. The molecule has 1 atom stereocenters. The molecule has 0 aliphatic carbocycles. The van der Waals surface area contributed by atoms with E-state index < -0.39 is 6.08 Å². The number of para-hydroxylation sites is 1. The third-order valence-corrected chi connectivity index (χ3v) is 1.62. The summed E-state index contributed by atoms with van der Waals surface area (Å²) < 4.78 is 7.68. The molecule has 10 heavy (non-hydrogen) atoms. The number of rotatable bonds is 0. The highest BCUT2D eigenvalue weighted by atomic mass is 16.7. The average molecular weight is 136 g/mol. The van der Waals surface area contributed by atoms with E-state index in [1.54, 1.807) is 6.92 Å². The summed E-state index contributed by atoms with van der Waals surface area (Å²) >= 11 is 0. The lowest BCUT2D eigenvalue weighted by molar-refractivity contribution is 0.137. The third-order valence-electron chi connectivity index (χ3n) is 1.62. The second kappa shape index (κ2) is 1.99. The molecule has 1 aromatic rings. The molecule has 1 heterocycles. The minimum atomic E-state index is -0.934. The van der Waals surface area contributed by atoms with Crippen LogP contribution in [-0.4, -0.2) is 0 Å². The van der Waals surface area contributed by atoms with E-state index in [0.29, 0.717) is 0 Å². The first-order valence-corrected chi connectivity index (χ1v) is 3.24. The van der Waals surface area contributed by atoms with Gasteiger partial charge >= 0.3 is 0 Å². The topological polar surface area (TPSA) is 21.3 Å². The zero-order chi connectivity index (χ0) is 7.90. The summed E-state index contributed by atoms with van der Waals surface area (Å²) in [7, 11) is 0. The third kappa shape index (κ3) is 0.693. The molecular weight excluding hydrogens is 126 g/mol. The maximum Gasteiger partial charge on any atom is 0.110 e. The van der Waals surface area contributed by atoms with E-state index in [-0.39, 0.29) is 0 Å². The Morgan fingerprint density at radius 2 is 2.40 bits per heavy atom. The van der Waals surface area contributed by atoms with E-state index in [1.165, 1.54) is 0 Å². The van der Waals surface area contributed by atoms with Crippen molar-refractivity contribution in [2.75, 3.05) is 5.48 Å². The number of hydrogen-bond donors (Lipinski definition) is 1. The number of hydrogen-bond acceptors (Lipinski definition) is 2. The molecular formula is C8H9NO. The lowest BCUT2D eigenvalue weighted by atomic mass is 10.1. The van der Waals surface area contributed by atoms with E-state index in [4.69, 9.17) is 6.21 Å². The van der Waals surface area contributed by atoms with E-state index in [9.17, 15) is 0 Å². The Morgan fingerprint density at radius 1 is 1.60 bits per heavy atom. The van der Waals surface area contributed by atoms with Gasteiger partial charge in [-0.3, -0.25) is 10.3 Å². The van der Waals surface area contributed by atoms with Gasteiger partial charge in [-0.2, -0.15) is 0 Å². The van der Waals surface area contributed by atoms with Gasteiger partial charge in [-0.25, -0.2) is 0 Å². The molecule has 1 aliphatic rings. The van der Waals surface area contributed by atoms with Gasteiger partial charge < -0.3 is 0 Å². The minimum absolute atomic E-state index is 0.889. The fourth-order valence-corrected chi connectivity index (χ4v) is 1.07. The van der Waals surface area contributed by atoms with Crippen molar-refractivity contribution in [3.63, 3.8) is 0 Å². The van der Waals surface area contributed by atoms with Crippen molar-refractivity contribution in [3.05, 3.63) is 29.8 Å². The summed E-state index contributed by atoms with van der Waals surface area (Å²) in [5, 5.41) is 0.